The molecule has 0 atom stereocenters. The lowest BCUT2D eigenvalue weighted by atomic mass is 10.1. The summed E-state index contributed by atoms with van der Waals surface area (Å²) in [5, 5.41) is 11.0. The normalized spacial score (nSPS) is 10.5. The molecule has 110 valence electrons. The van der Waals surface area contributed by atoms with Crippen molar-refractivity contribution in [3.05, 3.63) is 49.9 Å². The molecule has 0 amide bonds. The van der Waals surface area contributed by atoms with Crippen LogP contribution in [0.25, 0.3) is 0 Å². The average Bonchev–Trinajstić information content (AvgIpc) is 2.40. The van der Waals surface area contributed by atoms with Crippen molar-refractivity contribution >= 4 is 21.6 Å². The molecule has 0 N–H and O–H groups in total. The molecule has 0 spiro atoms. The molecule has 0 aliphatic carbocycles. The highest BCUT2D eigenvalue weighted by molar-refractivity contribution is 9.10. The molecule has 1 aromatic heterocycles. The van der Waals surface area contributed by atoms with E-state index in [4.69, 9.17) is 4.74 Å². The summed E-state index contributed by atoms with van der Waals surface area (Å²) in [6.07, 6.45) is 0.669. The molecule has 6 nitrogen and oxygen atoms in total. The Morgan fingerprint density at radius 3 is 2.57 bits per heavy atom. The summed E-state index contributed by atoms with van der Waals surface area (Å²) in [5.41, 5.74) is 1.44. The second-order valence-electron chi connectivity index (χ2n) is 4.56. The number of hydrogen-bond donors (Lipinski definition) is 0. The van der Waals surface area contributed by atoms with E-state index >= 15 is 0 Å². The Bertz CT molecular complexity index is 704. The van der Waals surface area contributed by atoms with Gasteiger partial charge in [-0.25, -0.2) is 4.98 Å². The first kappa shape index (κ1) is 15.4. The van der Waals surface area contributed by atoms with Crippen LogP contribution in [0, 0.1) is 24.0 Å². The van der Waals surface area contributed by atoms with Crippen LogP contribution in [0.3, 0.4) is 0 Å². The first-order chi connectivity index (χ1) is 9.90. The van der Waals surface area contributed by atoms with E-state index in [0.717, 1.165) is 5.56 Å². The van der Waals surface area contributed by atoms with Gasteiger partial charge in [-0.05, 0) is 41.4 Å². The summed E-state index contributed by atoms with van der Waals surface area (Å²) in [6.45, 7) is 5.47. The van der Waals surface area contributed by atoms with Gasteiger partial charge in [-0.3, -0.25) is 10.1 Å². The molecule has 0 saturated carbocycles. The molecule has 2 rings (SSSR count). The van der Waals surface area contributed by atoms with Gasteiger partial charge in [0.2, 0.25) is 5.88 Å². The maximum Gasteiger partial charge on any atom is 0.276 e. The first-order valence-electron chi connectivity index (χ1n) is 6.37. The van der Waals surface area contributed by atoms with Crippen molar-refractivity contribution in [2.24, 2.45) is 0 Å². The van der Waals surface area contributed by atoms with E-state index in [2.05, 4.69) is 25.9 Å². The molecule has 0 fully saturated rings. The van der Waals surface area contributed by atoms with Gasteiger partial charge in [0.05, 0.1) is 11.0 Å². The summed E-state index contributed by atoms with van der Waals surface area (Å²) in [7, 11) is 0. The molecule has 1 heterocycles. The summed E-state index contributed by atoms with van der Waals surface area (Å²) in [5.74, 6) is 1.41. The zero-order valence-electron chi connectivity index (χ0n) is 11.9. The predicted molar refractivity (Wildman–Crippen MR) is 81.8 cm³/mol. The second-order valence-corrected chi connectivity index (χ2v) is 5.37. The lowest BCUT2D eigenvalue weighted by Gasteiger charge is -2.10. The van der Waals surface area contributed by atoms with E-state index in [1.54, 1.807) is 19.1 Å². The predicted octanol–water partition coefficient (Wildman–Crippen LogP) is 4.12. The zero-order chi connectivity index (χ0) is 15.6. The number of benzene rings is 1. The lowest BCUT2D eigenvalue weighted by Crippen LogP contribution is -1.99. The van der Waals surface area contributed by atoms with Gasteiger partial charge >= 0.3 is 0 Å². The maximum absolute atomic E-state index is 11.0. The number of nitro groups is 1. The summed E-state index contributed by atoms with van der Waals surface area (Å²) in [6, 6.07) is 4.78. The van der Waals surface area contributed by atoms with Crippen LogP contribution >= 0.6 is 15.9 Å². The van der Waals surface area contributed by atoms with Crippen LogP contribution in [0.2, 0.25) is 0 Å². The van der Waals surface area contributed by atoms with Gasteiger partial charge in [-0.15, -0.1) is 0 Å². The van der Waals surface area contributed by atoms with Crippen molar-refractivity contribution < 1.29 is 9.66 Å². The minimum atomic E-state index is -0.422. The average molecular weight is 352 g/mol. The number of aromatic nitrogens is 2. The van der Waals surface area contributed by atoms with Crippen LogP contribution in [0.1, 0.15) is 23.9 Å². The molecule has 0 saturated heterocycles. The van der Waals surface area contributed by atoms with E-state index in [0.29, 0.717) is 34.0 Å². The molecule has 0 unspecified atom stereocenters. The van der Waals surface area contributed by atoms with Gasteiger partial charge in [0, 0.05) is 18.1 Å². The quantitative estimate of drug-likeness (QED) is 0.470. The molecule has 0 radical (unpaired) electrons. The summed E-state index contributed by atoms with van der Waals surface area (Å²) < 4.78 is 6.31. The highest BCUT2D eigenvalue weighted by Crippen LogP contribution is 2.31. The fraction of sp³-hybridized carbons (Fsp3) is 0.286. The second kappa shape index (κ2) is 6.17. The Morgan fingerprint density at radius 2 is 1.95 bits per heavy atom. The Labute approximate surface area is 130 Å². The van der Waals surface area contributed by atoms with Crippen molar-refractivity contribution in [3.8, 4) is 11.6 Å². The summed E-state index contributed by atoms with van der Waals surface area (Å²) in [4.78, 5) is 19.0. The standard InChI is InChI=1S/C14H14BrN3O3/c1-4-13-16-12(15)7-14(17-13)21-11-6-10(18(19)20)8(2)5-9(11)3/h5-7H,4H2,1-3H3. The number of aryl methyl sites for hydroxylation is 3. The first-order valence-corrected chi connectivity index (χ1v) is 7.17. The third-order valence-electron chi connectivity index (χ3n) is 2.94. The van der Waals surface area contributed by atoms with Crippen LogP contribution in [-0.2, 0) is 6.42 Å². The maximum atomic E-state index is 11.0. The van der Waals surface area contributed by atoms with Crippen LogP contribution in [0.15, 0.2) is 22.8 Å². The molecule has 2 aromatic rings. The highest BCUT2D eigenvalue weighted by atomic mass is 79.9. The van der Waals surface area contributed by atoms with Crippen molar-refractivity contribution in [1.82, 2.24) is 9.97 Å². The number of halogens is 1. The van der Waals surface area contributed by atoms with Gasteiger partial charge in [-0.1, -0.05) is 6.92 Å². The number of rotatable bonds is 4. The zero-order valence-corrected chi connectivity index (χ0v) is 13.5. The van der Waals surface area contributed by atoms with E-state index in [9.17, 15) is 10.1 Å². The Hall–Kier alpha value is -2.02. The number of nitro benzene ring substituents is 1. The van der Waals surface area contributed by atoms with E-state index in [-0.39, 0.29) is 5.69 Å². The molecule has 0 bridgehead atoms. The van der Waals surface area contributed by atoms with Crippen molar-refractivity contribution in [2.75, 3.05) is 0 Å². The largest absolute Gasteiger partial charge is 0.438 e. The van der Waals surface area contributed by atoms with Crippen LogP contribution < -0.4 is 4.74 Å². The number of ether oxygens (including phenoxy) is 1. The fourth-order valence-corrected chi connectivity index (χ4v) is 2.29. The minimum absolute atomic E-state index is 0.0273. The molecule has 1 aromatic carbocycles. The molecule has 0 aliphatic heterocycles. The highest BCUT2D eigenvalue weighted by Gasteiger charge is 2.15. The molecule has 7 heteroatoms. The van der Waals surface area contributed by atoms with Gasteiger partial charge in [0.1, 0.15) is 16.2 Å². The van der Waals surface area contributed by atoms with Gasteiger partial charge in [0.25, 0.3) is 5.69 Å². The minimum Gasteiger partial charge on any atom is -0.438 e. The molecule has 21 heavy (non-hydrogen) atoms. The van der Waals surface area contributed by atoms with Crippen LogP contribution in [-0.4, -0.2) is 14.9 Å². The topological polar surface area (TPSA) is 78.2 Å². The van der Waals surface area contributed by atoms with Crippen molar-refractivity contribution in [2.45, 2.75) is 27.2 Å². The van der Waals surface area contributed by atoms with Crippen molar-refractivity contribution in [1.29, 1.82) is 0 Å². The monoisotopic (exact) mass is 351 g/mol. The lowest BCUT2D eigenvalue weighted by molar-refractivity contribution is -0.385. The van der Waals surface area contributed by atoms with Crippen LogP contribution in [0.4, 0.5) is 5.69 Å². The fourth-order valence-electron chi connectivity index (χ4n) is 1.89. The van der Waals surface area contributed by atoms with Crippen LogP contribution in [0.5, 0.6) is 11.6 Å². The Kier molecular flexibility index (Phi) is 4.52. The number of nitrogens with zero attached hydrogens (tertiary/aromatic N) is 3. The van der Waals surface area contributed by atoms with E-state index in [1.807, 2.05) is 13.8 Å². The van der Waals surface area contributed by atoms with Crippen molar-refractivity contribution in [3.63, 3.8) is 0 Å². The SMILES string of the molecule is CCc1nc(Br)cc(Oc2cc([N+](=O)[O-])c(C)cc2C)n1. The molecular formula is C14H14BrN3O3. The Morgan fingerprint density at radius 1 is 1.24 bits per heavy atom. The van der Waals surface area contributed by atoms with E-state index < -0.39 is 4.92 Å². The third kappa shape index (κ3) is 3.55. The summed E-state index contributed by atoms with van der Waals surface area (Å²) >= 11 is 3.30. The van der Waals surface area contributed by atoms with Gasteiger partial charge in [0.15, 0.2) is 0 Å². The third-order valence-corrected chi connectivity index (χ3v) is 3.34. The molecule has 0 aliphatic rings. The number of hydrogen-bond acceptors (Lipinski definition) is 5. The van der Waals surface area contributed by atoms with E-state index in [1.165, 1.54) is 6.07 Å². The molecular weight excluding hydrogens is 338 g/mol. The van der Waals surface area contributed by atoms with Gasteiger partial charge in [-0.2, -0.15) is 4.98 Å². The smallest absolute Gasteiger partial charge is 0.276 e. The Balaban J connectivity index is 2.41. The van der Waals surface area contributed by atoms with Gasteiger partial charge < -0.3 is 4.74 Å².